The number of hydrogen-bond acceptors (Lipinski definition) is 4. The lowest BCUT2D eigenvalue weighted by atomic mass is 10.2. The van der Waals surface area contributed by atoms with Gasteiger partial charge in [-0.3, -0.25) is 4.79 Å². The highest BCUT2D eigenvalue weighted by Crippen LogP contribution is 2.24. The number of likely N-dealkylation sites (N-methyl/N-ethyl adjacent to an activating group) is 1. The van der Waals surface area contributed by atoms with Crippen molar-refractivity contribution in [1.82, 2.24) is 4.90 Å². The molecule has 0 aliphatic heterocycles. The van der Waals surface area contributed by atoms with E-state index < -0.39 is 18.0 Å². The van der Waals surface area contributed by atoms with Gasteiger partial charge in [-0.05, 0) is 41.1 Å². The van der Waals surface area contributed by atoms with Crippen molar-refractivity contribution in [3.63, 3.8) is 0 Å². The summed E-state index contributed by atoms with van der Waals surface area (Å²) in [4.78, 5) is 35.3. The Bertz CT molecular complexity index is 561. The molecule has 0 saturated heterocycles. The summed E-state index contributed by atoms with van der Waals surface area (Å²) >= 11 is 3.19. The van der Waals surface area contributed by atoms with Gasteiger partial charge in [-0.2, -0.15) is 0 Å². The predicted molar refractivity (Wildman–Crippen MR) is 79.4 cm³/mol. The molecule has 0 radical (unpaired) electrons. The summed E-state index contributed by atoms with van der Waals surface area (Å²) < 4.78 is 4.95. The summed E-state index contributed by atoms with van der Waals surface area (Å²) in [6.45, 7) is 1.89. The van der Waals surface area contributed by atoms with E-state index in [-0.39, 0.29) is 12.1 Å². The molecule has 0 aliphatic carbocycles. The second-order valence-electron chi connectivity index (χ2n) is 4.02. The Kier molecular flexibility index (Phi) is 6.16. The Morgan fingerprint density at radius 3 is 2.52 bits per heavy atom. The van der Waals surface area contributed by atoms with Crippen LogP contribution in [0, 0.1) is 0 Å². The number of nitrogens with one attached hydrogen (secondary N) is 1. The van der Waals surface area contributed by atoms with Crippen molar-refractivity contribution in [2.45, 2.75) is 6.92 Å². The van der Waals surface area contributed by atoms with E-state index in [4.69, 9.17) is 5.11 Å². The summed E-state index contributed by atoms with van der Waals surface area (Å²) in [6, 6.07) is 3.75. The molecule has 1 aromatic rings. The van der Waals surface area contributed by atoms with E-state index in [0.29, 0.717) is 16.7 Å². The van der Waals surface area contributed by atoms with Crippen LogP contribution in [0.5, 0.6) is 0 Å². The summed E-state index contributed by atoms with van der Waals surface area (Å²) in [5.41, 5.74) is 0.509. The number of aromatic carboxylic acids is 1. The number of methoxy groups -OCH3 is 1. The van der Waals surface area contributed by atoms with Crippen LogP contribution in [0.2, 0.25) is 0 Å². The zero-order valence-corrected chi connectivity index (χ0v) is 13.1. The number of carboxylic acid groups (broad SMARTS) is 1. The Morgan fingerprint density at radius 1 is 1.38 bits per heavy atom. The molecule has 7 nitrogen and oxygen atoms in total. The first-order chi connectivity index (χ1) is 9.88. The van der Waals surface area contributed by atoms with Gasteiger partial charge in [-0.1, -0.05) is 0 Å². The largest absolute Gasteiger partial charge is 0.478 e. The molecule has 0 fully saturated rings. The molecule has 8 heteroatoms. The number of hydrogen-bond donors (Lipinski definition) is 2. The third-order valence-electron chi connectivity index (χ3n) is 2.67. The van der Waals surface area contributed by atoms with Gasteiger partial charge in [0.1, 0.15) is 6.54 Å². The van der Waals surface area contributed by atoms with Gasteiger partial charge in [0.05, 0.1) is 18.4 Å². The first-order valence-electron chi connectivity index (χ1n) is 6.04. The highest BCUT2D eigenvalue weighted by atomic mass is 79.9. The molecular weight excluding hydrogens is 344 g/mol. The summed E-state index contributed by atoms with van der Waals surface area (Å²) in [5.74, 6) is -1.58. The van der Waals surface area contributed by atoms with Crippen LogP contribution in [0.25, 0.3) is 0 Å². The summed E-state index contributed by atoms with van der Waals surface area (Å²) in [5, 5.41) is 11.5. The minimum atomic E-state index is -1.06. The molecule has 0 spiro atoms. The smallest absolute Gasteiger partial charge is 0.335 e. The molecule has 0 heterocycles. The fourth-order valence-electron chi connectivity index (χ4n) is 1.49. The molecule has 114 valence electrons. The number of benzene rings is 1. The monoisotopic (exact) mass is 358 g/mol. The number of carbonyl (C=O) groups excluding carboxylic acids is 2. The second kappa shape index (κ2) is 7.63. The Hall–Kier alpha value is -2.09. The maximum absolute atomic E-state index is 12.0. The molecule has 2 amide bonds. The standard InChI is InChI=1S/C13H15BrN2O5/c1-3-16(7-11(17)21-2)13(20)15-10-5-4-8(12(18)19)6-9(10)14/h4-6H,3,7H2,1-2H3,(H,15,20)(H,18,19). The molecule has 0 atom stereocenters. The minimum absolute atomic E-state index is 0.0989. The minimum Gasteiger partial charge on any atom is -0.478 e. The summed E-state index contributed by atoms with van der Waals surface area (Å²) in [6.07, 6.45) is 0. The maximum Gasteiger partial charge on any atom is 0.335 e. The molecule has 0 saturated carbocycles. The van der Waals surface area contributed by atoms with E-state index in [9.17, 15) is 14.4 Å². The highest BCUT2D eigenvalue weighted by molar-refractivity contribution is 9.10. The van der Waals surface area contributed by atoms with E-state index in [1.165, 1.54) is 30.2 Å². The molecule has 1 aromatic carbocycles. The number of urea groups is 1. The molecular formula is C13H15BrN2O5. The van der Waals surface area contributed by atoms with Gasteiger partial charge < -0.3 is 20.1 Å². The van der Waals surface area contributed by atoms with Crippen LogP contribution in [0.1, 0.15) is 17.3 Å². The first-order valence-corrected chi connectivity index (χ1v) is 6.84. The molecule has 0 aliphatic rings. The number of nitrogens with zero attached hydrogens (tertiary/aromatic N) is 1. The van der Waals surface area contributed by atoms with Gasteiger partial charge >= 0.3 is 18.0 Å². The van der Waals surface area contributed by atoms with Gasteiger partial charge in [-0.25, -0.2) is 9.59 Å². The predicted octanol–water partition coefficient (Wildman–Crippen LogP) is 2.17. The third-order valence-corrected chi connectivity index (χ3v) is 3.33. The molecule has 1 rings (SSSR count). The fraction of sp³-hybridized carbons (Fsp3) is 0.308. The van der Waals surface area contributed by atoms with Crippen molar-refractivity contribution in [1.29, 1.82) is 0 Å². The Morgan fingerprint density at radius 2 is 2.05 bits per heavy atom. The second-order valence-corrected chi connectivity index (χ2v) is 4.87. The van der Waals surface area contributed by atoms with Crippen molar-refractivity contribution in [3.05, 3.63) is 28.2 Å². The van der Waals surface area contributed by atoms with Crippen LogP contribution in [0.4, 0.5) is 10.5 Å². The zero-order chi connectivity index (χ0) is 16.0. The number of esters is 1. The summed E-state index contributed by atoms with van der Waals surface area (Å²) in [7, 11) is 1.25. The van der Waals surface area contributed by atoms with Gasteiger partial charge in [0.2, 0.25) is 0 Å². The number of amides is 2. The zero-order valence-electron chi connectivity index (χ0n) is 11.6. The van der Waals surface area contributed by atoms with Crippen LogP contribution >= 0.6 is 15.9 Å². The SMILES string of the molecule is CCN(CC(=O)OC)C(=O)Nc1ccc(C(=O)O)cc1Br. The van der Waals surface area contributed by atoms with Gasteiger partial charge in [0.25, 0.3) is 0 Å². The van der Waals surface area contributed by atoms with E-state index in [2.05, 4.69) is 26.0 Å². The van der Waals surface area contributed by atoms with E-state index >= 15 is 0 Å². The number of anilines is 1. The number of ether oxygens (including phenoxy) is 1. The van der Waals surface area contributed by atoms with Crippen LogP contribution in [0.3, 0.4) is 0 Å². The lowest BCUT2D eigenvalue weighted by Crippen LogP contribution is -2.39. The quantitative estimate of drug-likeness (QED) is 0.786. The van der Waals surface area contributed by atoms with Crippen LogP contribution < -0.4 is 5.32 Å². The normalized spacial score (nSPS) is 9.86. The lowest BCUT2D eigenvalue weighted by molar-refractivity contribution is -0.141. The molecule has 2 N–H and O–H groups in total. The van der Waals surface area contributed by atoms with Crippen LogP contribution in [0.15, 0.2) is 22.7 Å². The van der Waals surface area contributed by atoms with E-state index in [0.717, 1.165) is 0 Å². The third kappa shape index (κ3) is 4.75. The van der Waals surface area contributed by atoms with Gasteiger partial charge in [0, 0.05) is 11.0 Å². The number of carbonyl (C=O) groups is 3. The average Bonchev–Trinajstić information content (AvgIpc) is 2.46. The average molecular weight is 359 g/mol. The van der Waals surface area contributed by atoms with Crippen molar-refractivity contribution < 1.29 is 24.2 Å². The molecule has 0 unspecified atom stereocenters. The van der Waals surface area contributed by atoms with Gasteiger partial charge in [-0.15, -0.1) is 0 Å². The fourth-order valence-corrected chi connectivity index (χ4v) is 1.97. The topological polar surface area (TPSA) is 95.9 Å². The molecule has 21 heavy (non-hydrogen) atoms. The number of rotatable bonds is 5. The van der Waals surface area contributed by atoms with E-state index in [1.807, 2.05) is 0 Å². The molecule has 0 bridgehead atoms. The first kappa shape index (κ1) is 17.0. The van der Waals surface area contributed by atoms with E-state index in [1.54, 1.807) is 6.92 Å². The Balaban J connectivity index is 2.82. The van der Waals surface area contributed by atoms with Crippen LogP contribution in [-0.2, 0) is 9.53 Å². The van der Waals surface area contributed by atoms with Crippen molar-refractivity contribution in [2.75, 3.05) is 25.5 Å². The number of carboxylic acids is 1. The van der Waals surface area contributed by atoms with Crippen molar-refractivity contribution >= 4 is 39.6 Å². The lowest BCUT2D eigenvalue weighted by Gasteiger charge is -2.20. The highest BCUT2D eigenvalue weighted by Gasteiger charge is 2.17. The molecule has 0 aromatic heterocycles. The van der Waals surface area contributed by atoms with Crippen molar-refractivity contribution in [2.24, 2.45) is 0 Å². The maximum atomic E-state index is 12.0. The van der Waals surface area contributed by atoms with Gasteiger partial charge in [0.15, 0.2) is 0 Å². The number of halogens is 1. The Labute approximate surface area is 130 Å². The van der Waals surface area contributed by atoms with Crippen LogP contribution in [-0.4, -0.2) is 48.2 Å². The van der Waals surface area contributed by atoms with Crippen molar-refractivity contribution in [3.8, 4) is 0 Å².